The third kappa shape index (κ3) is 5.03. The van der Waals surface area contributed by atoms with Gasteiger partial charge in [-0.3, -0.25) is 4.90 Å². The molecule has 0 aliphatic carbocycles. The second-order valence-corrected chi connectivity index (χ2v) is 2.57. The molecule has 0 aromatic heterocycles. The molecule has 1 heterocycles. The van der Waals surface area contributed by atoms with Crippen LogP contribution in [-0.4, -0.2) is 36.8 Å². The summed E-state index contributed by atoms with van der Waals surface area (Å²) in [6.07, 6.45) is -4.07. The first kappa shape index (κ1) is 14.8. The molecule has 0 aromatic rings. The normalized spacial score (nSPS) is 19.0. The van der Waals surface area contributed by atoms with E-state index >= 15 is 0 Å². The Morgan fingerprint density at radius 1 is 1.25 bits per heavy atom. The van der Waals surface area contributed by atoms with Crippen molar-refractivity contribution in [1.29, 1.82) is 0 Å². The van der Waals surface area contributed by atoms with Crippen molar-refractivity contribution in [3.8, 4) is 0 Å². The van der Waals surface area contributed by atoms with Crippen molar-refractivity contribution >= 4 is 24.8 Å². The Bertz CT molecular complexity index is 124. The Kier molecular flexibility index (Phi) is 6.30. The van der Waals surface area contributed by atoms with E-state index in [0.717, 1.165) is 0 Å². The maximum absolute atomic E-state index is 11.6. The average molecular weight is 227 g/mol. The van der Waals surface area contributed by atoms with Crippen molar-refractivity contribution in [1.82, 2.24) is 4.90 Å². The molecule has 0 amide bonds. The van der Waals surface area contributed by atoms with Gasteiger partial charge in [-0.25, -0.2) is 0 Å². The van der Waals surface area contributed by atoms with E-state index in [9.17, 15) is 13.2 Å². The number of alkyl halides is 3. The lowest BCUT2D eigenvalue weighted by Gasteiger charge is -2.36. The third-order valence-corrected chi connectivity index (χ3v) is 1.39. The second-order valence-electron chi connectivity index (χ2n) is 2.57. The summed E-state index contributed by atoms with van der Waals surface area (Å²) in [5, 5.41) is 0. The summed E-state index contributed by atoms with van der Waals surface area (Å²) in [4.78, 5) is 1.28. The Balaban J connectivity index is 0. The maximum atomic E-state index is 11.6. The largest absolute Gasteiger partial charge is 0.401 e. The SMILES string of the molecule is Cl.Cl.NC1CN(CC(F)(F)F)C1. The molecule has 0 radical (unpaired) electrons. The molecule has 1 saturated heterocycles. The molecule has 2 nitrogen and oxygen atoms in total. The summed E-state index contributed by atoms with van der Waals surface area (Å²) in [5.41, 5.74) is 5.28. The van der Waals surface area contributed by atoms with Gasteiger partial charge in [-0.2, -0.15) is 13.2 Å². The van der Waals surface area contributed by atoms with Crippen LogP contribution in [0.4, 0.5) is 13.2 Å². The van der Waals surface area contributed by atoms with Crippen LogP contribution in [0.25, 0.3) is 0 Å². The van der Waals surface area contributed by atoms with Crippen LogP contribution in [0, 0.1) is 0 Å². The molecule has 12 heavy (non-hydrogen) atoms. The van der Waals surface area contributed by atoms with Crippen LogP contribution >= 0.6 is 24.8 Å². The van der Waals surface area contributed by atoms with E-state index in [1.54, 1.807) is 0 Å². The number of nitrogens with two attached hydrogens (primary N) is 1. The van der Waals surface area contributed by atoms with Crippen molar-refractivity contribution in [3.63, 3.8) is 0 Å². The highest BCUT2D eigenvalue weighted by atomic mass is 35.5. The molecule has 0 unspecified atom stereocenters. The van der Waals surface area contributed by atoms with Crippen molar-refractivity contribution in [2.75, 3.05) is 19.6 Å². The van der Waals surface area contributed by atoms with Gasteiger partial charge in [0, 0.05) is 19.1 Å². The number of halogens is 5. The van der Waals surface area contributed by atoms with Gasteiger partial charge in [0.25, 0.3) is 0 Å². The van der Waals surface area contributed by atoms with E-state index in [4.69, 9.17) is 5.73 Å². The summed E-state index contributed by atoms with van der Waals surface area (Å²) in [6, 6.07) is -0.0534. The van der Waals surface area contributed by atoms with Crippen molar-refractivity contribution < 1.29 is 13.2 Å². The first-order chi connectivity index (χ1) is 4.47. The molecule has 7 heteroatoms. The van der Waals surface area contributed by atoms with E-state index in [-0.39, 0.29) is 30.9 Å². The minimum absolute atomic E-state index is 0. The minimum atomic E-state index is -4.07. The lowest BCUT2D eigenvalue weighted by atomic mass is 10.1. The smallest absolute Gasteiger partial charge is 0.325 e. The lowest BCUT2D eigenvalue weighted by Crippen LogP contribution is -2.57. The van der Waals surface area contributed by atoms with Gasteiger partial charge in [-0.1, -0.05) is 0 Å². The van der Waals surface area contributed by atoms with E-state index in [1.165, 1.54) is 4.90 Å². The Labute approximate surface area is 81.1 Å². The Morgan fingerprint density at radius 3 is 1.92 bits per heavy atom. The molecule has 0 aromatic carbocycles. The molecule has 1 rings (SSSR count). The second kappa shape index (κ2) is 5.11. The summed E-state index contributed by atoms with van der Waals surface area (Å²) in [5.74, 6) is 0. The molecule has 2 N–H and O–H groups in total. The minimum Gasteiger partial charge on any atom is -0.325 e. The predicted octanol–water partition coefficient (Wildman–Crippen LogP) is 1.04. The zero-order valence-electron chi connectivity index (χ0n) is 6.17. The van der Waals surface area contributed by atoms with Crippen molar-refractivity contribution in [3.05, 3.63) is 0 Å². The molecule has 0 saturated carbocycles. The number of hydrogen-bond acceptors (Lipinski definition) is 2. The zero-order valence-corrected chi connectivity index (χ0v) is 7.81. The number of hydrogen-bond donors (Lipinski definition) is 1. The van der Waals surface area contributed by atoms with Crippen LogP contribution in [0.5, 0.6) is 0 Å². The topological polar surface area (TPSA) is 29.3 Å². The highest BCUT2D eigenvalue weighted by Crippen LogP contribution is 2.19. The van der Waals surface area contributed by atoms with Gasteiger partial charge < -0.3 is 5.73 Å². The molecule has 1 aliphatic heterocycles. The van der Waals surface area contributed by atoms with Crippen LogP contribution < -0.4 is 5.73 Å². The monoisotopic (exact) mass is 226 g/mol. The van der Waals surface area contributed by atoms with Crippen LogP contribution in [0.3, 0.4) is 0 Å². The molecular formula is C5H11Cl2F3N2. The van der Waals surface area contributed by atoms with Gasteiger partial charge in [0.2, 0.25) is 0 Å². The first-order valence-electron chi connectivity index (χ1n) is 3.02. The first-order valence-corrected chi connectivity index (χ1v) is 3.02. The molecule has 0 atom stereocenters. The van der Waals surface area contributed by atoms with Crippen LogP contribution in [-0.2, 0) is 0 Å². The summed E-state index contributed by atoms with van der Waals surface area (Å²) >= 11 is 0. The molecule has 1 aliphatic rings. The fourth-order valence-electron chi connectivity index (χ4n) is 0.992. The van der Waals surface area contributed by atoms with Gasteiger partial charge in [-0.15, -0.1) is 24.8 Å². The molecular weight excluding hydrogens is 216 g/mol. The van der Waals surface area contributed by atoms with Gasteiger partial charge in [-0.05, 0) is 0 Å². The Morgan fingerprint density at radius 2 is 1.67 bits per heavy atom. The van der Waals surface area contributed by atoms with Crippen LogP contribution in [0.1, 0.15) is 0 Å². The highest BCUT2D eigenvalue weighted by Gasteiger charge is 2.35. The molecule has 0 spiro atoms. The lowest BCUT2D eigenvalue weighted by molar-refractivity contribution is -0.154. The van der Waals surface area contributed by atoms with Crippen LogP contribution in [0.2, 0.25) is 0 Å². The molecule has 0 bridgehead atoms. The Hall–Kier alpha value is 0.290. The number of rotatable bonds is 1. The maximum Gasteiger partial charge on any atom is 0.401 e. The number of nitrogens with zero attached hydrogens (tertiary/aromatic N) is 1. The predicted molar refractivity (Wildman–Crippen MR) is 45.0 cm³/mol. The fourth-order valence-corrected chi connectivity index (χ4v) is 0.992. The van der Waals surface area contributed by atoms with E-state index in [0.29, 0.717) is 13.1 Å². The zero-order chi connectivity index (χ0) is 7.78. The standard InChI is InChI=1S/C5H9F3N2.2ClH/c6-5(7,8)3-10-1-4(9)2-10;;/h4H,1-3,9H2;2*1H. The summed E-state index contributed by atoms with van der Waals surface area (Å²) in [7, 11) is 0. The van der Waals surface area contributed by atoms with Crippen molar-refractivity contribution in [2.45, 2.75) is 12.2 Å². The molecule has 76 valence electrons. The third-order valence-electron chi connectivity index (χ3n) is 1.39. The van der Waals surface area contributed by atoms with Gasteiger partial charge in [0.15, 0.2) is 0 Å². The highest BCUT2D eigenvalue weighted by molar-refractivity contribution is 5.85. The number of likely N-dealkylation sites (tertiary alicyclic amines) is 1. The fraction of sp³-hybridized carbons (Fsp3) is 1.00. The quantitative estimate of drug-likeness (QED) is 0.725. The summed E-state index contributed by atoms with van der Waals surface area (Å²) in [6.45, 7) is -0.0697. The van der Waals surface area contributed by atoms with Crippen LogP contribution in [0.15, 0.2) is 0 Å². The van der Waals surface area contributed by atoms with Crippen molar-refractivity contribution in [2.24, 2.45) is 5.73 Å². The van der Waals surface area contributed by atoms with E-state index in [1.807, 2.05) is 0 Å². The van der Waals surface area contributed by atoms with Gasteiger partial charge in [0.1, 0.15) is 0 Å². The van der Waals surface area contributed by atoms with Gasteiger partial charge in [0.05, 0.1) is 6.54 Å². The molecule has 1 fully saturated rings. The average Bonchev–Trinajstić information content (AvgIpc) is 1.57. The van der Waals surface area contributed by atoms with Gasteiger partial charge >= 0.3 is 6.18 Å². The summed E-state index contributed by atoms with van der Waals surface area (Å²) < 4.78 is 34.7. The van der Waals surface area contributed by atoms with E-state index < -0.39 is 12.7 Å². The van der Waals surface area contributed by atoms with E-state index in [2.05, 4.69) is 0 Å².